The molecule has 0 spiro atoms. The van der Waals surface area contributed by atoms with E-state index >= 15 is 0 Å². The maximum atomic E-state index is 12.8. The van der Waals surface area contributed by atoms with E-state index in [1.807, 2.05) is 0 Å². The predicted octanol–water partition coefficient (Wildman–Crippen LogP) is 2.08. The average molecular weight is 327 g/mol. The molecule has 2 atom stereocenters. The Kier molecular flexibility index (Phi) is 6.74. The summed E-state index contributed by atoms with van der Waals surface area (Å²) >= 11 is 0. The number of aliphatic hydroxyl groups is 2. The Balaban J connectivity index is 3.24. The summed E-state index contributed by atoms with van der Waals surface area (Å²) < 4.78 is 27.0. The van der Waals surface area contributed by atoms with Crippen LogP contribution in [-0.4, -0.2) is 41.6 Å². The van der Waals surface area contributed by atoms with Gasteiger partial charge in [-0.2, -0.15) is 4.31 Å². The minimum atomic E-state index is -3.73. The summed E-state index contributed by atoms with van der Waals surface area (Å²) in [4.78, 5) is 0.146. The Labute approximate surface area is 133 Å². The highest BCUT2D eigenvalue weighted by molar-refractivity contribution is 7.89. The number of hydrogen-bond donors (Lipinski definition) is 2. The third-order valence-electron chi connectivity index (χ3n) is 3.46. The molecule has 0 aliphatic rings. The van der Waals surface area contributed by atoms with Gasteiger partial charge < -0.3 is 10.2 Å². The van der Waals surface area contributed by atoms with Gasteiger partial charge in [-0.3, -0.25) is 0 Å². The van der Waals surface area contributed by atoms with Crippen LogP contribution in [0.3, 0.4) is 0 Å². The lowest BCUT2D eigenvalue weighted by Crippen LogP contribution is -2.46. The number of sulfonamides is 1. The van der Waals surface area contributed by atoms with Crippen molar-refractivity contribution in [2.24, 2.45) is 0 Å². The first kappa shape index (κ1) is 18.8. The molecule has 0 amide bonds. The van der Waals surface area contributed by atoms with Crippen molar-refractivity contribution in [2.75, 3.05) is 6.61 Å². The molecular formula is C16H25NO4S. The van der Waals surface area contributed by atoms with Crippen molar-refractivity contribution in [3.05, 3.63) is 42.5 Å². The molecule has 1 rings (SSSR count). The Bertz CT molecular complexity index is 579. The number of benzene rings is 1. The predicted molar refractivity (Wildman–Crippen MR) is 86.9 cm³/mol. The molecule has 124 valence electrons. The van der Waals surface area contributed by atoms with Crippen LogP contribution in [0.1, 0.15) is 38.9 Å². The fraction of sp³-hybridized carbons (Fsp3) is 0.500. The molecule has 0 saturated heterocycles. The topological polar surface area (TPSA) is 77.8 Å². The van der Waals surface area contributed by atoms with Crippen molar-refractivity contribution in [1.82, 2.24) is 4.31 Å². The molecule has 0 saturated carbocycles. The van der Waals surface area contributed by atoms with E-state index in [1.165, 1.54) is 16.4 Å². The first-order chi connectivity index (χ1) is 10.3. The lowest BCUT2D eigenvalue weighted by atomic mass is 10.1. The van der Waals surface area contributed by atoms with Crippen molar-refractivity contribution >= 4 is 10.0 Å². The second kappa shape index (κ2) is 7.87. The molecule has 1 aromatic rings. The normalized spacial score (nSPS) is 15.0. The fourth-order valence-corrected chi connectivity index (χ4v) is 4.21. The molecule has 0 aliphatic carbocycles. The minimum absolute atomic E-state index is 0.146. The lowest BCUT2D eigenvalue weighted by Gasteiger charge is -2.32. The second-order valence-electron chi connectivity index (χ2n) is 5.53. The van der Waals surface area contributed by atoms with Crippen molar-refractivity contribution in [1.29, 1.82) is 0 Å². The number of nitrogens with zero attached hydrogens (tertiary/aromatic N) is 1. The van der Waals surface area contributed by atoms with E-state index in [-0.39, 0.29) is 17.5 Å². The summed E-state index contributed by atoms with van der Waals surface area (Å²) in [5.74, 6) is 0. The van der Waals surface area contributed by atoms with Crippen molar-refractivity contribution in [3.63, 3.8) is 0 Å². The van der Waals surface area contributed by atoms with Crippen molar-refractivity contribution in [2.45, 2.75) is 50.3 Å². The molecule has 22 heavy (non-hydrogen) atoms. The third kappa shape index (κ3) is 4.16. The van der Waals surface area contributed by atoms with Gasteiger partial charge in [-0.05, 0) is 44.9 Å². The Morgan fingerprint density at radius 2 is 1.77 bits per heavy atom. The van der Waals surface area contributed by atoms with Crippen molar-refractivity contribution < 1.29 is 18.6 Å². The SMILES string of the molecule is C=CCC(CO)N(C(C)C)S(=O)(=O)c1ccc(C(C)O)cc1. The van der Waals surface area contributed by atoms with Crippen LogP contribution in [0, 0.1) is 0 Å². The summed E-state index contributed by atoms with van der Waals surface area (Å²) in [6.45, 7) is 8.51. The van der Waals surface area contributed by atoms with E-state index in [4.69, 9.17) is 0 Å². The highest BCUT2D eigenvalue weighted by Gasteiger charge is 2.32. The third-order valence-corrected chi connectivity index (χ3v) is 5.60. The van der Waals surface area contributed by atoms with Gasteiger partial charge in [0.2, 0.25) is 10.0 Å². The Morgan fingerprint density at radius 3 is 2.14 bits per heavy atom. The standard InChI is InChI=1S/C16H25NO4S/c1-5-6-15(11-18)17(12(2)3)22(20,21)16-9-7-14(8-10-16)13(4)19/h5,7-10,12-13,15,18-19H,1,6,11H2,2-4H3. The summed E-state index contributed by atoms with van der Waals surface area (Å²) in [5, 5.41) is 19.0. The minimum Gasteiger partial charge on any atom is -0.395 e. The fourth-order valence-electron chi connectivity index (χ4n) is 2.39. The van der Waals surface area contributed by atoms with Gasteiger partial charge in [0.1, 0.15) is 0 Å². The maximum Gasteiger partial charge on any atom is 0.243 e. The monoisotopic (exact) mass is 327 g/mol. The average Bonchev–Trinajstić information content (AvgIpc) is 2.46. The quantitative estimate of drug-likeness (QED) is 0.717. The Morgan fingerprint density at radius 1 is 1.23 bits per heavy atom. The smallest absolute Gasteiger partial charge is 0.243 e. The van der Waals surface area contributed by atoms with Crippen LogP contribution in [0.25, 0.3) is 0 Å². The van der Waals surface area contributed by atoms with Crippen LogP contribution in [0.2, 0.25) is 0 Å². The highest BCUT2D eigenvalue weighted by Crippen LogP contribution is 2.24. The van der Waals surface area contributed by atoms with Crippen LogP contribution in [0.15, 0.2) is 41.8 Å². The van der Waals surface area contributed by atoms with E-state index in [1.54, 1.807) is 39.0 Å². The molecule has 2 N–H and O–H groups in total. The van der Waals surface area contributed by atoms with E-state index in [0.29, 0.717) is 12.0 Å². The van der Waals surface area contributed by atoms with Gasteiger partial charge in [0, 0.05) is 6.04 Å². The zero-order valence-corrected chi connectivity index (χ0v) is 14.1. The molecule has 0 fully saturated rings. The Hall–Kier alpha value is -1.21. The van der Waals surface area contributed by atoms with Gasteiger partial charge >= 0.3 is 0 Å². The molecule has 0 bridgehead atoms. The summed E-state index contributed by atoms with van der Waals surface area (Å²) in [6.07, 6.45) is 1.33. The first-order valence-corrected chi connectivity index (χ1v) is 8.73. The molecule has 0 aliphatic heterocycles. The second-order valence-corrected chi connectivity index (χ2v) is 7.38. The highest BCUT2D eigenvalue weighted by atomic mass is 32.2. The van der Waals surface area contributed by atoms with Crippen LogP contribution in [0.5, 0.6) is 0 Å². The van der Waals surface area contributed by atoms with Crippen LogP contribution < -0.4 is 0 Å². The molecule has 5 nitrogen and oxygen atoms in total. The molecule has 2 unspecified atom stereocenters. The molecule has 0 heterocycles. The summed E-state index contributed by atoms with van der Waals surface area (Å²) in [6, 6.07) is 5.32. The first-order valence-electron chi connectivity index (χ1n) is 7.29. The van der Waals surface area contributed by atoms with Gasteiger partial charge in [-0.25, -0.2) is 8.42 Å². The maximum absolute atomic E-state index is 12.8. The van der Waals surface area contributed by atoms with Crippen molar-refractivity contribution in [3.8, 4) is 0 Å². The molecule has 0 aromatic heterocycles. The van der Waals surface area contributed by atoms with Crippen LogP contribution in [0.4, 0.5) is 0 Å². The number of hydrogen-bond acceptors (Lipinski definition) is 4. The van der Waals surface area contributed by atoms with Gasteiger partial charge in [-0.15, -0.1) is 6.58 Å². The molecule has 1 aromatic carbocycles. The van der Waals surface area contributed by atoms with E-state index in [9.17, 15) is 18.6 Å². The van der Waals surface area contributed by atoms with E-state index < -0.39 is 22.2 Å². The van der Waals surface area contributed by atoms with E-state index in [2.05, 4.69) is 6.58 Å². The van der Waals surface area contributed by atoms with Crippen LogP contribution in [-0.2, 0) is 10.0 Å². The summed E-state index contributed by atoms with van der Waals surface area (Å²) in [5.41, 5.74) is 0.653. The van der Waals surface area contributed by atoms with E-state index in [0.717, 1.165) is 0 Å². The largest absolute Gasteiger partial charge is 0.395 e. The number of rotatable bonds is 8. The zero-order chi connectivity index (χ0) is 16.9. The zero-order valence-electron chi connectivity index (χ0n) is 13.3. The summed E-state index contributed by atoms with van der Waals surface area (Å²) in [7, 11) is -3.73. The number of aliphatic hydroxyl groups excluding tert-OH is 2. The van der Waals surface area contributed by atoms with Gasteiger partial charge in [0.15, 0.2) is 0 Å². The molecule has 0 radical (unpaired) electrons. The van der Waals surface area contributed by atoms with Gasteiger partial charge in [0.05, 0.1) is 23.6 Å². The lowest BCUT2D eigenvalue weighted by molar-refractivity contribution is 0.169. The van der Waals surface area contributed by atoms with Gasteiger partial charge in [-0.1, -0.05) is 18.2 Å². The molecule has 6 heteroatoms. The molecular weight excluding hydrogens is 302 g/mol. The van der Waals surface area contributed by atoms with Crippen LogP contribution >= 0.6 is 0 Å². The van der Waals surface area contributed by atoms with Gasteiger partial charge in [0.25, 0.3) is 0 Å².